The molecule has 1 aliphatic heterocycles. The zero-order chi connectivity index (χ0) is 20.2. The van der Waals surface area contributed by atoms with Crippen LogP contribution in [0.25, 0.3) is 0 Å². The van der Waals surface area contributed by atoms with Crippen molar-refractivity contribution in [3.05, 3.63) is 83.2 Å². The number of anilines is 1. The van der Waals surface area contributed by atoms with Gasteiger partial charge in [-0.25, -0.2) is 0 Å². The van der Waals surface area contributed by atoms with Gasteiger partial charge in [-0.3, -0.25) is 14.6 Å². The minimum absolute atomic E-state index is 0.168. The summed E-state index contributed by atoms with van der Waals surface area (Å²) in [7, 11) is 0. The number of carbonyl (C=O) groups is 2. The molecule has 0 saturated carbocycles. The highest BCUT2D eigenvalue weighted by molar-refractivity contribution is 6.04. The quantitative estimate of drug-likeness (QED) is 0.699. The minimum atomic E-state index is -0.376. The summed E-state index contributed by atoms with van der Waals surface area (Å²) in [6.07, 6.45) is 1.44. The molecule has 0 atom stereocenters. The Morgan fingerprint density at radius 1 is 0.966 bits per heavy atom. The highest BCUT2D eigenvalue weighted by atomic mass is 16.7. The summed E-state index contributed by atoms with van der Waals surface area (Å²) in [6, 6.07) is 16.0. The van der Waals surface area contributed by atoms with E-state index in [4.69, 9.17) is 9.47 Å². The van der Waals surface area contributed by atoms with E-state index >= 15 is 0 Å². The van der Waals surface area contributed by atoms with Gasteiger partial charge in [-0.05, 0) is 48.9 Å². The van der Waals surface area contributed by atoms with Crippen LogP contribution in [0.5, 0.6) is 11.5 Å². The van der Waals surface area contributed by atoms with Crippen molar-refractivity contribution in [2.75, 3.05) is 12.1 Å². The maximum Gasteiger partial charge on any atom is 0.274 e. The maximum atomic E-state index is 12.5. The van der Waals surface area contributed by atoms with Gasteiger partial charge in [0, 0.05) is 24.0 Å². The van der Waals surface area contributed by atoms with Crippen molar-refractivity contribution in [2.45, 2.75) is 13.5 Å². The third-order valence-corrected chi connectivity index (χ3v) is 4.45. The lowest BCUT2D eigenvalue weighted by atomic mass is 10.1. The SMILES string of the molecule is Cc1ccc(NC(=O)c2cc(C(=O)NCc3ccc4c(c3)OCO4)ccn2)cc1. The number of amides is 2. The molecule has 1 aliphatic rings. The first-order valence-electron chi connectivity index (χ1n) is 9.09. The molecular weight excluding hydrogens is 370 g/mol. The van der Waals surface area contributed by atoms with Gasteiger partial charge in [-0.1, -0.05) is 23.8 Å². The molecule has 2 aromatic carbocycles. The highest BCUT2D eigenvalue weighted by Crippen LogP contribution is 2.32. The van der Waals surface area contributed by atoms with Gasteiger partial charge in [0.15, 0.2) is 11.5 Å². The fourth-order valence-corrected chi connectivity index (χ4v) is 2.86. The summed E-state index contributed by atoms with van der Waals surface area (Å²) in [5.41, 5.74) is 3.17. The molecule has 0 bridgehead atoms. The number of pyridine rings is 1. The Morgan fingerprint density at radius 2 is 1.76 bits per heavy atom. The molecule has 0 radical (unpaired) electrons. The van der Waals surface area contributed by atoms with E-state index in [0.717, 1.165) is 11.1 Å². The molecule has 3 aromatic rings. The zero-order valence-corrected chi connectivity index (χ0v) is 15.8. The number of nitrogens with one attached hydrogen (secondary N) is 2. The molecule has 146 valence electrons. The molecule has 0 saturated heterocycles. The second-order valence-electron chi connectivity index (χ2n) is 6.62. The van der Waals surface area contributed by atoms with Gasteiger partial charge in [-0.15, -0.1) is 0 Å². The normalized spacial score (nSPS) is 11.8. The first kappa shape index (κ1) is 18.5. The minimum Gasteiger partial charge on any atom is -0.454 e. The van der Waals surface area contributed by atoms with Crippen LogP contribution in [0.3, 0.4) is 0 Å². The van der Waals surface area contributed by atoms with E-state index in [1.807, 2.05) is 49.4 Å². The van der Waals surface area contributed by atoms with E-state index in [1.54, 1.807) is 6.07 Å². The first-order valence-corrected chi connectivity index (χ1v) is 9.09. The van der Waals surface area contributed by atoms with Crippen molar-refractivity contribution >= 4 is 17.5 Å². The summed E-state index contributed by atoms with van der Waals surface area (Å²) >= 11 is 0. The summed E-state index contributed by atoms with van der Waals surface area (Å²) in [5.74, 6) is 0.683. The number of rotatable bonds is 5. The van der Waals surface area contributed by atoms with Crippen LogP contribution in [0, 0.1) is 6.92 Å². The van der Waals surface area contributed by atoms with Crippen molar-refractivity contribution in [3.63, 3.8) is 0 Å². The molecule has 2 N–H and O–H groups in total. The Morgan fingerprint density at radius 3 is 2.59 bits per heavy atom. The number of hydrogen-bond acceptors (Lipinski definition) is 5. The van der Waals surface area contributed by atoms with Crippen LogP contribution in [0.15, 0.2) is 60.8 Å². The van der Waals surface area contributed by atoms with E-state index in [0.29, 0.717) is 29.3 Å². The van der Waals surface area contributed by atoms with Gasteiger partial charge in [-0.2, -0.15) is 0 Å². The van der Waals surface area contributed by atoms with Crippen LogP contribution in [0.4, 0.5) is 5.69 Å². The largest absolute Gasteiger partial charge is 0.454 e. The maximum absolute atomic E-state index is 12.5. The van der Waals surface area contributed by atoms with Crippen LogP contribution in [0.1, 0.15) is 32.0 Å². The van der Waals surface area contributed by atoms with Gasteiger partial charge in [0.05, 0.1) is 0 Å². The van der Waals surface area contributed by atoms with Gasteiger partial charge < -0.3 is 20.1 Å². The lowest BCUT2D eigenvalue weighted by Crippen LogP contribution is -2.23. The predicted octanol–water partition coefficient (Wildman–Crippen LogP) is 3.30. The van der Waals surface area contributed by atoms with E-state index in [1.165, 1.54) is 12.3 Å². The van der Waals surface area contributed by atoms with Crippen molar-refractivity contribution < 1.29 is 19.1 Å². The third kappa shape index (κ3) is 4.35. The topological polar surface area (TPSA) is 89.6 Å². The van der Waals surface area contributed by atoms with Crippen molar-refractivity contribution in [2.24, 2.45) is 0 Å². The van der Waals surface area contributed by atoms with Gasteiger partial charge in [0.25, 0.3) is 11.8 Å². The summed E-state index contributed by atoms with van der Waals surface area (Å²) in [4.78, 5) is 29.0. The predicted molar refractivity (Wildman–Crippen MR) is 107 cm³/mol. The van der Waals surface area contributed by atoms with Crippen LogP contribution < -0.4 is 20.1 Å². The smallest absolute Gasteiger partial charge is 0.274 e. The number of ether oxygens (including phenoxy) is 2. The van der Waals surface area contributed by atoms with Crippen LogP contribution >= 0.6 is 0 Å². The molecule has 7 nitrogen and oxygen atoms in total. The van der Waals surface area contributed by atoms with E-state index in [-0.39, 0.29) is 24.3 Å². The summed E-state index contributed by atoms with van der Waals surface area (Å²) < 4.78 is 10.6. The molecule has 1 aromatic heterocycles. The lowest BCUT2D eigenvalue weighted by Gasteiger charge is -2.08. The number of hydrogen-bond donors (Lipinski definition) is 2. The molecular formula is C22H19N3O4. The second-order valence-corrected chi connectivity index (χ2v) is 6.62. The van der Waals surface area contributed by atoms with Gasteiger partial charge in [0.1, 0.15) is 5.69 Å². The molecule has 2 amide bonds. The molecule has 0 fully saturated rings. The third-order valence-electron chi connectivity index (χ3n) is 4.45. The van der Waals surface area contributed by atoms with Crippen molar-refractivity contribution in [1.29, 1.82) is 0 Å². The fraction of sp³-hybridized carbons (Fsp3) is 0.136. The van der Waals surface area contributed by atoms with E-state index < -0.39 is 0 Å². The van der Waals surface area contributed by atoms with Gasteiger partial charge in [0.2, 0.25) is 6.79 Å². The fourth-order valence-electron chi connectivity index (χ4n) is 2.86. The number of fused-ring (bicyclic) bond motifs is 1. The number of nitrogens with zero attached hydrogens (tertiary/aromatic N) is 1. The average molecular weight is 389 g/mol. The number of aryl methyl sites for hydroxylation is 1. The lowest BCUT2D eigenvalue weighted by molar-refractivity contribution is 0.0950. The number of carbonyl (C=O) groups excluding carboxylic acids is 2. The van der Waals surface area contributed by atoms with Crippen LogP contribution in [-0.4, -0.2) is 23.6 Å². The zero-order valence-electron chi connectivity index (χ0n) is 15.8. The second kappa shape index (κ2) is 8.02. The Balaban J connectivity index is 1.40. The molecule has 4 rings (SSSR count). The summed E-state index contributed by atoms with van der Waals surface area (Å²) in [5, 5.41) is 5.61. The standard InChI is InChI=1S/C22H19N3O4/c1-14-2-5-17(6-3-14)25-22(27)18-11-16(8-9-23-18)21(26)24-12-15-4-7-19-20(10-15)29-13-28-19/h2-11H,12-13H2,1H3,(H,24,26)(H,25,27). The van der Waals surface area contributed by atoms with E-state index in [9.17, 15) is 9.59 Å². The number of benzene rings is 2. The molecule has 0 aliphatic carbocycles. The monoisotopic (exact) mass is 389 g/mol. The Kier molecular flexibility index (Phi) is 5.11. The molecule has 0 spiro atoms. The Labute approximate surface area is 167 Å². The van der Waals surface area contributed by atoms with E-state index in [2.05, 4.69) is 15.6 Å². The Hall–Kier alpha value is -3.87. The van der Waals surface area contributed by atoms with Crippen LogP contribution in [-0.2, 0) is 6.54 Å². The molecule has 2 heterocycles. The highest BCUT2D eigenvalue weighted by Gasteiger charge is 2.15. The number of aromatic nitrogens is 1. The first-order chi connectivity index (χ1) is 14.1. The summed E-state index contributed by atoms with van der Waals surface area (Å²) in [6.45, 7) is 2.50. The van der Waals surface area contributed by atoms with Crippen molar-refractivity contribution in [3.8, 4) is 11.5 Å². The molecule has 7 heteroatoms. The average Bonchev–Trinajstić information content (AvgIpc) is 3.21. The van der Waals surface area contributed by atoms with Gasteiger partial charge >= 0.3 is 0 Å². The molecule has 29 heavy (non-hydrogen) atoms. The Bertz CT molecular complexity index is 1060. The van der Waals surface area contributed by atoms with Crippen LogP contribution in [0.2, 0.25) is 0 Å². The molecule has 0 unspecified atom stereocenters. The van der Waals surface area contributed by atoms with Crippen molar-refractivity contribution in [1.82, 2.24) is 10.3 Å².